The molecule has 0 atom stereocenters. The van der Waals surface area contributed by atoms with Crippen LogP contribution in [0.3, 0.4) is 0 Å². The van der Waals surface area contributed by atoms with E-state index in [0.717, 1.165) is 16.9 Å². The van der Waals surface area contributed by atoms with Crippen LogP contribution in [0, 0.1) is 13.8 Å². The molecule has 0 aliphatic rings. The maximum Gasteiger partial charge on any atom is 0.154 e. The summed E-state index contributed by atoms with van der Waals surface area (Å²) in [7, 11) is 0. The van der Waals surface area contributed by atoms with E-state index in [1.807, 2.05) is 44.2 Å². The van der Waals surface area contributed by atoms with Gasteiger partial charge in [-0.2, -0.15) is 0 Å². The van der Waals surface area contributed by atoms with Crippen molar-refractivity contribution in [3.05, 3.63) is 46.6 Å². The fraction of sp³-hybridized carbons (Fsp3) is 0.154. The average molecular weight is 248 g/mol. The van der Waals surface area contributed by atoms with Crippen molar-refractivity contribution in [3.8, 4) is 0 Å². The fourth-order valence-corrected chi connectivity index (χ4v) is 1.82. The van der Waals surface area contributed by atoms with Gasteiger partial charge in [-0.15, -0.1) is 0 Å². The summed E-state index contributed by atoms with van der Waals surface area (Å²) in [6.45, 7) is 3.89. The Kier molecular flexibility index (Phi) is 3.20. The quantitative estimate of drug-likeness (QED) is 0.851. The molecule has 0 saturated heterocycles. The number of nitrogens with zero attached hydrogens (tertiary/aromatic N) is 1. The number of nitrogen functional groups attached to an aromatic ring is 1. The number of aryl methyl sites for hydroxylation is 2. The van der Waals surface area contributed by atoms with Gasteiger partial charge in [0.1, 0.15) is 0 Å². The van der Waals surface area contributed by atoms with Crippen LogP contribution in [-0.2, 0) is 0 Å². The highest BCUT2D eigenvalue weighted by Gasteiger charge is 2.07. The van der Waals surface area contributed by atoms with Crippen molar-refractivity contribution in [3.63, 3.8) is 0 Å². The van der Waals surface area contributed by atoms with Crippen molar-refractivity contribution in [2.24, 2.45) is 0 Å². The zero-order valence-corrected chi connectivity index (χ0v) is 10.5. The molecule has 0 bridgehead atoms. The number of rotatable bonds is 2. The number of nitrogens with two attached hydrogens (primary N) is 1. The van der Waals surface area contributed by atoms with Gasteiger partial charge in [0.2, 0.25) is 0 Å². The second-order valence-corrected chi connectivity index (χ2v) is 4.35. The summed E-state index contributed by atoms with van der Waals surface area (Å²) in [5, 5.41) is 3.80. The Bertz CT molecular complexity index is 552. The zero-order valence-electron chi connectivity index (χ0n) is 9.79. The second kappa shape index (κ2) is 4.63. The number of hydrogen-bond donors (Lipinski definition) is 2. The van der Waals surface area contributed by atoms with Gasteiger partial charge < -0.3 is 11.1 Å². The predicted octanol–water partition coefficient (Wildman–Crippen LogP) is 3.68. The molecule has 0 saturated carbocycles. The lowest BCUT2D eigenvalue weighted by Crippen LogP contribution is -2.02. The van der Waals surface area contributed by atoms with Gasteiger partial charge in [0.25, 0.3) is 0 Å². The molecule has 0 aliphatic carbocycles. The van der Waals surface area contributed by atoms with Gasteiger partial charge in [-0.1, -0.05) is 23.7 Å². The lowest BCUT2D eigenvalue weighted by atomic mass is 10.2. The molecule has 0 unspecified atom stereocenters. The third-order valence-corrected chi connectivity index (χ3v) is 2.85. The van der Waals surface area contributed by atoms with E-state index < -0.39 is 0 Å². The summed E-state index contributed by atoms with van der Waals surface area (Å²) in [6.07, 6.45) is 0. The maximum atomic E-state index is 6.07. The van der Waals surface area contributed by atoms with E-state index >= 15 is 0 Å². The Morgan fingerprint density at radius 1 is 1.24 bits per heavy atom. The third-order valence-electron chi connectivity index (χ3n) is 2.52. The highest BCUT2D eigenvalue weighted by atomic mass is 35.5. The zero-order chi connectivity index (χ0) is 12.4. The second-order valence-electron chi connectivity index (χ2n) is 3.95. The molecule has 3 N–H and O–H groups in total. The predicted molar refractivity (Wildman–Crippen MR) is 72.9 cm³/mol. The Hall–Kier alpha value is -1.74. The number of hydrogen-bond acceptors (Lipinski definition) is 3. The topological polar surface area (TPSA) is 50.9 Å². The number of aromatic nitrogens is 1. The summed E-state index contributed by atoms with van der Waals surface area (Å²) in [4.78, 5) is 4.38. The van der Waals surface area contributed by atoms with Crippen molar-refractivity contribution in [1.29, 1.82) is 0 Å². The lowest BCUT2D eigenvalue weighted by Gasteiger charge is -2.12. The van der Waals surface area contributed by atoms with Crippen LogP contribution in [0.15, 0.2) is 30.3 Å². The fourth-order valence-electron chi connectivity index (χ4n) is 1.63. The van der Waals surface area contributed by atoms with Gasteiger partial charge >= 0.3 is 0 Å². The number of nitrogens with one attached hydrogen (secondary N) is 1. The van der Waals surface area contributed by atoms with Gasteiger partial charge in [0.15, 0.2) is 5.82 Å². The average Bonchev–Trinajstić information content (AvgIpc) is 2.28. The van der Waals surface area contributed by atoms with Crippen LogP contribution in [0.4, 0.5) is 17.2 Å². The molecule has 1 aromatic carbocycles. The highest BCUT2D eigenvalue weighted by molar-refractivity contribution is 6.33. The third kappa shape index (κ3) is 2.50. The smallest absolute Gasteiger partial charge is 0.154 e. The number of benzene rings is 1. The molecule has 1 heterocycles. The molecule has 0 radical (unpaired) electrons. The monoisotopic (exact) mass is 247 g/mol. The number of pyridine rings is 1. The Balaban J connectivity index is 2.40. The first-order valence-corrected chi connectivity index (χ1v) is 5.71. The van der Waals surface area contributed by atoms with Crippen molar-refractivity contribution in [2.75, 3.05) is 11.1 Å². The first-order valence-electron chi connectivity index (χ1n) is 5.33. The van der Waals surface area contributed by atoms with Crippen LogP contribution in [0.25, 0.3) is 0 Å². The standard InChI is InChI=1S/C13H14ClN3/c1-8-7-9(2)16-13(12(8)15)17-11-6-4-3-5-10(11)14/h3-7H,15H2,1-2H3,(H,16,17). The van der Waals surface area contributed by atoms with Gasteiger partial charge in [0, 0.05) is 5.69 Å². The summed E-state index contributed by atoms with van der Waals surface area (Å²) in [5.74, 6) is 0.649. The van der Waals surface area contributed by atoms with Crippen LogP contribution in [-0.4, -0.2) is 4.98 Å². The molecule has 4 heteroatoms. The van der Waals surface area contributed by atoms with Crippen LogP contribution < -0.4 is 11.1 Å². The molecular formula is C13H14ClN3. The molecule has 88 valence electrons. The van der Waals surface area contributed by atoms with Crippen LogP contribution in [0.5, 0.6) is 0 Å². The van der Waals surface area contributed by atoms with Crippen molar-refractivity contribution in [1.82, 2.24) is 4.98 Å². The SMILES string of the molecule is Cc1cc(C)c(N)c(Nc2ccccc2Cl)n1. The van der Waals surface area contributed by atoms with E-state index in [4.69, 9.17) is 17.3 Å². The molecule has 0 fully saturated rings. The Morgan fingerprint density at radius 3 is 2.65 bits per heavy atom. The first-order chi connectivity index (χ1) is 8.08. The van der Waals surface area contributed by atoms with Crippen LogP contribution in [0.1, 0.15) is 11.3 Å². The molecule has 0 aliphatic heterocycles. The van der Waals surface area contributed by atoms with E-state index in [-0.39, 0.29) is 0 Å². The first kappa shape index (κ1) is 11.7. The van der Waals surface area contributed by atoms with Gasteiger partial charge in [-0.05, 0) is 37.6 Å². The minimum absolute atomic E-state index is 0.646. The lowest BCUT2D eigenvalue weighted by molar-refractivity contribution is 1.18. The Morgan fingerprint density at radius 2 is 1.94 bits per heavy atom. The molecule has 3 nitrogen and oxygen atoms in total. The van der Waals surface area contributed by atoms with Crippen molar-refractivity contribution in [2.45, 2.75) is 13.8 Å². The summed E-state index contributed by atoms with van der Waals surface area (Å²) >= 11 is 6.07. The number of para-hydroxylation sites is 1. The summed E-state index contributed by atoms with van der Waals surface area (Å²) in [5.41, 5.74) is 9.36. The highest BCUT2D eigenvalue weighted by Crippen LogP contribution is 2.28. The molecule has 1 aromatic heterocycles. The summed E-state index contributed by atoms with van der Waals surface area (Å²) < 4.78 is 0. The minimum atomic E-state index is 0.646. The largest absolute Gasteiger partial charge is 0.396 e. The molecule has 17 heavy (non-hydrogen) atoms. The molecule has 2 aromatic rings. The van der Waals surface area contributed by atoms with Gasteiger partial charge in [-0.3, -0.25) is 0 Å². The van der Waals surface area contributed by atoms with E-state index in [1.54, 1.807) is 0 Å². The van der Waals surface area contributed by atoms with Gasteiger partial charge in [-0.25, -0.2) is 4.98 Å². The molecule has 2 rings (SSSR count). The molecular weight excluding hydrogens is 234 g/mol. The Labute approximate surface area is 106 Å². The van der Waals surface area contributed by atoms with E-state index in [1.165, 1.54) is 0 Å². The van der Waals surface area contributed by atoms with Crippen LogP contribution >= 0.6 is 11.6 Å². The minimum Gasteiger partial charge on any atom is -0.396 e. The van der Waals surface area contributed by atoms with Gasteiger partial charge in [0.05, 0.1) is 16.4 Å². The normalized spacial score (nSPS) is 10.3. The van der Waals surface area contributed by atoms with E-state index in [9.17, 15) is 0 Å². The van der Waals surface area contributed by atoms with Crippen LogP contribution in [0.2, 0.25) is 5.02 Å². The number of halogens is 1. The van der Waals surface area contributed by atoms with Crippen molar-refractivity contribution >= 4 is 28.8 Å². The van der Waals surface area contributed by atoms with E-state index in [2.05, 4.69) is 10.3 Å². The molecule has 0 amide bonds. The maximum absolute atomic E-state index is 6.07. The summed E-state index contributed by atoms with van der Waals surface area (Å²) in [6, 6.07) is 9.45. The molecule has 0 spiro atoms. The number of anilines is 3. The van der Waals surface area contributed by atoms with Crippen molar-refractivity contribution < 1.29 is 0 Å². The van der Waals surface area contributed by atoms with E-state index in [0.29, 0.717) is 16.5 Å².